The summed E-state index contributed by atoms with van der Waals surface area (Å²) in [4.78, 5) is 10.3. The minimum Gasteiger partial charge on any atom is -0.468 e. The number of methoxy groups -OCH3 is 1. The van der Waals surface area contributed by atoms with Crippen LogP contribution in [0.4, 0.5) is 0 Å². The van der Waals surface area contributed by atoms with Crippen molar-refractivity contribution in [2.75, 3.05) is 7.11 Å². The lowest BCUT2D eigenvalue weighted by Gasteiger charge is -1.96. The van der Waals surface area contributed by atoms with Gasteiger partial charge in [-0.05, 0) is 6.92 Å². The molecule has 0 spiro atoms. The van der Waals surface area contributed by atoms with E-state index in [2.05, 4.69) is 4.74 Å². The first kappa shape index (κ1) is 7.57. The molecule has 0 saturated heterocycles. The molecule has 0 aliphatic carbocycles. The second-order valence-electron chi connectivity index (χ2n) is 1.30. The Bertz CT molecular complexity index is 101. The smallest absolute Gasteiger partial charge is 0.320 e. The number of hydrogen-bond acceptors (Lipinski definition) is 3. The van der Waals surface area contributed by atoms with Crippen molar-refractivity contribution in [3.05, 3.63) is 0 Å². The van der Waals surface area contributed by atoms with E-state index in [0.29, 0.717) is 0 Å². The fraction of sp³-hybridized carbons (Fsp3) is 0.750. The fourth-order valence-electron chi connectivity index (χ4n) is 0.214. The van der Waals surface area contributed by atoms with Gasteiger partial charge in [0.05, 0.1) is 7.11 Å². The summed E-state index contributed by atoms with van der Waals surface area (Å²) >= 11 is 0. The highest BCUT2D eigenvalue weighted by Gasteiger charge is 2.10. The Kier molecular flexibility index (Phi) is 3.37. The molecule has 0 rings (SSSR count). The molecule has 0 radical (unpaired) electrons. The zero-order chi connectivity index (χ0) is 6.57. The van der Waals surface area contributed by atoms with Crippen molar-refractivity contribution >= 4 is 14.4 Å². The monoisotopic (exact) mass is 134 g/mol. The van der Waals surface area contributed by atoms with Crippen molar-refractivity contribution in [1.29, 1.82) is 0 Å². The topological polar surface area (TPSA) is 43.4 Å². The molecular weight excluding hydrogens is 127 g/mol. The largest absolute Gasteiger partial charge is 0.468 e. The van der Waals surface area contributed by atoms with Crippen molar-refractivity contribution < 1.29 is 14.1 Å². The highest BCUT2D eigenvalue weighted by Crippen LogP contribution is 2.05. The van der Waals surface area contributed by atoms with Gasteiger partial charge in [0.2, 0.25) is 0 Å². The second-order valence-corrected chi connectivity index (χ2v) is 2.29. The molecule has 0 amide bonds. The van der Waals surface area contributed by atoms with Crippen LogP contribution in [0.2, 0.25) is 0 Å². The Labute approximate surface area is 49.2 Å². The molecule has 0 aromatic heterocycles. The van der Waals surface area contributed by atoms with Gasteiger partial charge in [-0.2, -0.15) is 0 Å². The predicted molar refractivity (Wildman–Crippen MR) is 29.1 cm³/mol. The third kappa shape index (κ3) is 2.03. The van der Waals surface area contributed by atoms with E-state index in [4.69, 9.17) is 0 Å². The van der Waals surface area contributed by atoms with Gasteiger partial charge in [-0.15, -0.1) is 0 Å². The van der Waals surface area contributed by atoms with Crippen LogP contribution < -0.4 is 0 Å². The number of esters is 1. The van der Waals surface area contributed by atoms with E-state index in [1.54, 1.807) is 0 Å². The molecule has 1 unspecified atom stereocenters. The molecule has 4 heteroatoms. The molecule has 1 atom stereocenters. The second kappa shape index (κ2) is 3.56. The molecule has 0 saturated carbocycles. The first-order chi connectivity index (χ1) is 3.72. The van der Waals surface area contributed by atoms with E-state index in [9.17, 15) is 9.36 Å². The molecule has 46 valence electrons. The van der Waals surface area contributed by atoms with E-state index in [-0.39, 0.29) is 8.46 Å². The Morgan fingerprint density at radius 1 is 1.75 bits per heavy atom. The first-order valence-electron chi connectivity index (χ1n) is 2.12. The maximum Gasteiger partial charge on any atom is 0.320 e. The van der Waals surface area contributed by atoms with E-state index in [1.807, 2.05) is 0 Å². The molecule has 0 N–H and O–H groups in total. The number of rotatable bonds is 2. The van der Waals surface area contributed by atoms with Gasteiger partial charge in [0.25, 0.3) is 0 Å². The molecule has 0 aliphatic heterocycles. The summed E-state index contributed by atoms with van der Waals surface area (Å²) in [6.45, 7) is 1.53. The lowest BCUT2D eigenvalue weighted by molar-refractivity contribution is -0.139. The minimum atomic E-state index is -0.528. The summed E-state index contributed by atoms with van der Waals surface area (Å²) in [6, 6.07) is 0. The van der Waals surface area contributed by atoms with Crippen LogP contribution in [0.1, 0.15) is 6.92 Å². The van der Waals surface area contributed by atoms with Gasteiger partial charge in [-0.3, -0.25) is 9.36 Å². The molecular formula is C4H7O3P. The highest BCUT2D eigenvalue weighted by atomic mass is 31.1. The molecule has 0 bridgehead atoms. The van der Waals surface area contributed by atoms with Gasteiger partial charge in [-0.1, -0.05) is 0 Å². The molecule has 0 aromatic rings. The Balaban J connectivity index is 3.62. The quantitative estimate of drug-likeness (QED) is 0.415. The number of hydrogen-bond donors (Lipinski definition) is 0. The molecule has 0 aliphatic rings. The summed E-state index contributed by atoms with van der Waals surface area (Å²) in [5.41, 5.74) is -0.528. The lowest BCUT2D eigenvalue weighted by atomic mass is 10.5. The predicted octanol–water partition coefficient (Wildman–Crippen LogP) is 0.840. The van der Waals surface area contributed by atoms with E-state index in [1.165, 1.54) is 14.0 Å². The van der Waals surface area contributed by atoms with E-state index >= 15 is 0 Å². The maximum absolute atomic E-state index is 10.3. The normalized spacial score (nSPS) is 13.2. The van der Waals surface area contributed by atoms with Gasteiger partial charge in [-0.25, -0.2) is 0 Å². The average Bonchev–Trinajstić information content (AvgIpc) is 1.84. The summed E-state index contributed by atoms with van der Waals surface area (Å²) in [5.74, 6) is -0.443. The third-order valence-electron chi connectivity index (χ3n) is 0.700. The van der Waals surface area contributed by atoms with Crippen LogP contribution in [0, 0.1) is 0 Å². The zero-order valence-electron chi connectivity index (χ0n) is 4.75. The van der Waals surface area contributed by atoms with Crippen molar-refractivity contribution in [3.63, 3.8) is 0 Å². The standard InChI is InChI=1S/C4H7O3P/c1-3(8-6)4(5)7-2/h3H,1-2H3. The number of ether oxygens (including phenoxy) is 1. The van der Waals surface area contributed by atoms with Crippen LogP contribution in [-0.4, -0.2) is 18.7 Å². The number of carbonyl (C=O) groups excluding carboxylic acids is 1. The average molecular weight is 134 g/mol. The highest BCUT2D eigenvalue weighted by molar-refractivity contribution is 7.26. The van der Waals surface area contributed by atoms with Crippen molar-refractivity contribution in [3.8, 4) is 0 Å². The van der Waals surface area contributed by atoms with Gasteiger partial charge in [0, 0.05) is 0 Å². The summed E-state index contributed by atoms with van der Waals surface area (Å²) in [6.07, 6.45) is 0. The molecule has 3 nitrogen and oxygen atoms in total. The lowest BCUT2D eigenvalue weighted by Crippen LogP contribution is -2.11. The third-order valence-corrected chi connectivity index (χ3v) is 1.23. The first-order valence-corrected chi connectivity index (χ1v) is 3.00. The van der Waals surface area contributed by atoms with Gasteiger partial charge >= 0.3 is 5.97 Å². The molecule has 0 heterocycles. The van der Waals surface area contributed by atoms with Crippen LogP contribution in [0.3, 0.4) is 0 Å². The van der Waals surface area contributed by atoms with Crippen LogP contribution in [0.25, 0.3) is 0 Å². The SMILES string of the molecule is COC(=O)C(C)P=O. The van der Waals surface area contributed by atoms with Crippen molar-refractivity contribution in [2.45, 2.75) is 12.6 Å². The van der Waals surface area contributed by atoms with Crippen LogP contribution in [0.15, 0.2) is 0 Å². The van der Waals surface area contributed by atoms with E-state index in [0.717, 1.165) is 0 Å². The Hall–Kier alpha value is -0.430. The Morgan fingerprint density at radius 3 is 2.38 bits per heavy atom. The summed E-state index contributed by atoms with van der Waals surface area (Å²) < 4.78 is 14.2. The molecule has 0 fully saturated rings. The van der Waals surface area contributed by atoms with Gasteiger partial charge in [0.15, 0.2) is 8.46 Å². The molecule has 8 heavy (non-hydrogen) atoms. The van der Waals surface area contributed by atoms with Crippen LogP contribution in [0.5, 0.6) is 0 Å². The maximum atomic E-state index is 10.3. The van der Waals surface area contributed by atoms with Gasteiger partial charge in [0.1, 0.15) is 5.66 Å². The van der Waals surface area contributed by atoms with Crippen molar-refractivity contribution in [1.82, 2.24) is 0 Å². The van der Waals surface area contributed by atoms with Crippen LogP contribution >= 0.6 is 8.46 Å². The molecule has 0 aromatic carbocycles. The van der Waals surface area contributed by atoms with Gasteiger partial charge < -0.3 is 4.74 Å². The fourth-order valence-corrected chi connectivity index (χ4v) is 0.405. The van der Waals surface area contributed by atoms with E-state index < -0.39 is 11.6 Å². The zero-order valence-corrected chi connectivity index (χ0v) is 5.64. The van der Waals surface area contributed by atoms with Crippen molar-refractivity contribution in [2.24, 2.45) is 0 Å². The summed E-state index contributed by atoms with van der Waals surface area (Å²) in [5, 5.41) is 0. The minimum absolute atomic E-state index is 0.186. The summed E-state index contributed by atoms with van der Waals surface area (Å²) in [7, 11) is 1.08. The van der Waals surface area contributed by atoms with Crippen LogP contribution in [-0.2, 0) is 14.1 Å². The number of carbonyl (C=O) groups is 1. The Morgan fingerprint density at radius 2 is 2.25 bits per heavy atom.